The number of fused-ring (bicyclic) bond motifs is 3. The van der Waals surface area contributed by atoms with Gasteiger partial charge in [0.05, 0.1) is 18.9 Å². The maximum Gasteiger partial charge on any atom is 0.330 e. The van der Waals surface area contributed by atoms with Crippen LogP contribution in [0.2, 0.25) is 0 Å². The van der Waals surface area contributed by atoms with Crippen LogP contribution in [0.3, 0.4) is 0 Å². The van der Waals surface area contributed by atoms with Crippen LogP contribution < -0.4 is 16.0 Å². The SMILES string of the molecule is C=C[C@@H]1C[C@]1(NC(=O)[C@@H]1C[C@@H](ON=C2c3ccccc3-c3ccccc32)C[C@H]1C(=O)N[C@@H](C(=O)N[C@@H](C(=O)OC)C1CCCCC1)C(C)C)C(=O)O. The van der Waals surface area contributed by atoms with E-state index < -0.39 is 71.1 Å². The first-order valence-corrected chi connectivity index (χ1v) is 18.3. The van der Waals surface area contributed by atoms with E-state index in [9.17, 15) is 29.1 Å². The van der Waals surface area contributed by atoms with Gasteiger partial charge in [0.15, 0.2) is 0 Å². The number of ether oxygens (including phenoxy) is 1. The maximum atomic E-state index is 14.1. The summed E-state index contributed by atoms with van der Waals surface area (Å²) in [7, 11) is 1.29. The molecule has 2 aromatic carbocycles. The van der Waals surface area contributed by atoms with Crippen molar-refractivity contribution in [2.75, 3.05) is 7.11 Å². The van der Waals surface area contributed by atoms with Crippen molar-refractivity contribution in [3.05, 3.63) is 72.3 Å². The smallest absolute Gasteiger partial charge is 0.330 e. The molecule has 276 valence electrons. The number of carbonyl (C=O) groups excluding carboxylic acids is 4. The molecule has 7 atom stereocenters. The third-order valence-corrected chi connectivity index (χ3v) is 11.3. The van der Waals surface area contributed by atoms with Crippen LogP contribution in [0.4, 0.5) is 0 Å². The second-order valence-electron chi connectivity index (χ2n) is 14.9. The minimum absolute atomic E-state index is 0.0710. The molecule has 2 aromatic rings. The number of rotatable bonds is 13. The topological polar surface area (TPSA) is 172 Å². The van der Waals surface area contributed by atoms with Crippen molar-refractivity contribution in [2.45, 2.75) is 88.9 Å². The number of carboxylic acid groups (broad SMARTS) is 1. The first-order valence-electron chi connectivity index (χ1n) is 18.3. The van der Waals surface area contributed by atoms with Gasteiger partial charge in [-0.1, -0.05) is 92.9 Å². The fraction of sp³-hybridized carbons (Fsp3) is 0.500. The van der Waals surface area contributed by atoms with E-state index >= 15 is 0 Å². The third-order valence-electron chi connectivity index (χ3n) is 11.3. The van der Waals surface area contributed by atoms with Gasteiger partial charge >= 0.3 is 11.9 Å². The van der Waals surface area contributed by atoms with Crippen molar-refractivity contribution >= 4 is 35.4 Å². The Morgan fingerprint density at radius 3 is 1.98 bits per heavy atom. The number of carbonyl (C=O) groups is 5. The number of hydrogen-bond acceptors (Lipinski definition) is 8. The highest BCUT2D eigenvalue weighted by Crippen LogP contribution is 2.46. The molecule has 3 fully saturated rings. The number of carboxylic acids is 1. The minimum Gasteiger partial charge on any atom is -0.479 e. The maximum absolute atomic E-state index is 14.1. The van der Waals surface area contributed by atoms with Crippen LogP contribution in [0, 0.1) is 29.6 Å². The number of oxime groups is 1. The standard InChI is InChI=1S/C40H48N4O8/c1-5-24-21-40(24,39(49)50)43-36(46)31-20-25(52-44-34-28-17-11-9-15-26(28)27-16-10-12-18-29(27)34)19-30(31)35(45)41-32(22(2)3)37(47)42-33(38(48)51-4)23-13-7-6-8-14-23/h5,9-12,15-18,22-25,30-33H,1,6-8,13-14,19-21H2,2-4H3,(H,41,45)(H,42,47)(H,43,46)(H,49,50)/t24-,25+,30-,31-,32-,33-,40-/m1/s1. The van der Waals surface area contributed by atoms with Gasteiger partial charge in [0.25, 0.3) is 0 Å². The first kappa shape index (κ1) is 36.8. The highest BCUT2D eigenvalue weighted by atomic mass is 16.6. The van der Waals surface area contributed by atoms with Crippen LogP contribution in [0.15, 0.2) is 66.3 Å². The van der Waals surface area contributed by atoms with E-state index in [0.29, 0.717) is 5.71 Å². The average Bonchev–Trinajstić information content (AvgIpc) is 3.55. The Bertz CT molecular complexity index is 1720. The summed E-state index contributed by atoms with van der Waals surface area (Å²) in [4.78, 5) is 72.9. The second-order valence-corrected chi connectivity index (χ2v) is 14.9. The Balaban J connectivity index is 1.23. The Kier molecular flexibility index (Phi) is 10.8. The Hall–Kier alpha value is -5.00. The zero-order valence-corrected chi connectivity index (χ0v) is 29.9. The molecule has 3 saturated carbocycles. The van der Waals surface area contributed by atoms with Crippen molar-refractivity contribution in [1.29, 1.82) is 0 Å². The van der Waals surface area contributed by atoms with Gasteiger partial charge in [0, 0.05) is 17.0 Å². The predicted molar refractivity (Wildman–Crippen MR) is 193 cm³/mol. The van der Waals surface area contributed by atoms with Crippen molar-refractivity contribution < 1.29 is 38.7 Å². The van der Waals surface area contributed by atoms with Gasteiger partial charge in [-0.25, -0.2) is 9.59 Å². The largest absolute Gasteiger partial charge is 0.479 e. The quantitative estimate of drug-likeness (QED) is 0.115. The molecule has 3 amide bonds. The molecule has 0 saturated heterocycles. The highest BCUT2D eigenvalue weighted by Gasteiger charge is 2.61. The lowest BCUT2D eigenvalue weighted by Gasteiger charge is -2.31. The molecule has 0 radical (unpaired) electrons. The van der Waals surface area contributed by atoms with E-state index in [1.807, 2.05) is 48.5 Å². The van der Waals surface area contributed by atoms with E-state index in [1.54, 1.807) is 13.8 Å². The lowest BCUT2D eigenvalue weighted by molar-refractivity contribution is -0.147. The van der Waals surface area contributed by atoms with Gasteiger partial charge in [0.2, 0.25) is 17.7 Å². The van der Waals surface area contributed by atoms with Gasteiger partial charge in [-0.15, -0.1) is 6.58 Å². The number of benzene rings is 2. The number of aliphatic carboxylic acids is 1. The summed E-state index contributed by atoms with van der Waals surface area (Å²) >= 11 is 0. The molecule has 12 heteroatoms. The summed E-state index contributed by atoms with van der Waals surface area (Å²) in [5.74, 6) is -6.13. The lowest BCUT2D eigenvalue weighted by Crippen LogP contribution is -2.57. The van der Waals surface area contributed by atoms with E-state index in [1.165, 1.54) is 13.2 Å². The number of nitrogens with zero attached hydrogens (tertiary/aromatic N) is 1. The molecule has 4 N–H and O–H groups in total. The molecule has 0 aromatic heterocycles. The lowest BCUT2D eigenvalue weighted by atomic mass is 9.83. The van der Waals surface area contributed by atoms with Crippen LogP contribution in [-0.4, -0.2) is 71.3 Å². The number of nitrogens with one attached hydrogen (secondary N) is 3. The van der Waals surface area contributed by atoms with Crippen LogP contribution >= 0.6 is 0 Å². The van der Waals surface area contributed by atoms with Crippen molar-refractivity contribution in [1.82, 2.24) is 16.0 Å². The molecule has 0 aliphatic heterocycles. The fourth-order valence-corrected chi connectivity index (χ4v) is 8.21. The van der Waals surface area contributed by atoms with Crippen molar-refractivity contribution in [3.63, 3.8) is 0 Å². The van der Waals surface area contributed by atoms with E-state index in [4.69, 9.17) is 9.57 Å². The zero-order chi connectivity index (χ0) is 37.2. The fourth-order valence-electron chi connectivity index (χ4n) is 8.21. The molecule has 4 aliphatic carbocycles. The monoisotopic (exact) mass is 712 g/mol. The molecule has 4 aliphatic rings. The number of esters is 1. The van der Waals surface area contributed by atoms with E-state index in [2.05, 4.69) is 27.7 Å². The average molecular weight is 713 g/mol. The number of amides is 3. The summed E-state index contributed by atoms with van der Waals surface area (Å²) in [6.45, 7) is 7.28. The minimum atomic E-state index is -1.49. The van der Waals surface area contributed by atoms with Gasteiger partial charge in [-0.3, -0.25) is 14.4 Å². The summed E-state index contributed by atoms with van der Waals surface area (Å²) < 4.78 is 5.04. The zero-order valence-electron chi connectivity index (χ0n) is 29.9. The van der Waals surface area contributed by atoms with Crippen LogP contribution in [0.25, 0.3) is 11.1 Å². The van der Waals surface area contributed by atoms with Crippen LogP contribution in [-0.2, 0) is 33.5 Å². The van der Waals surface area contributed by atoms with E-state index in [0.717, 1.165) is 54.4 Å². The second kappa shape index (κ2) is 15.3. The van der Waals surface area contributed by atoms with E-state index in [-0.39, 0.29) is 31.1 Å². The molecule has 12 nitrogen and oxygen atoms in total. The summed E-state index contributed by atoms with van der Waals surface area (Å²) in [6.07, 6.45) is 5.79. The Morgan fingerprint density at radius 2 is 1.46 bits per heavy atom. The Labute approximate surface area is 303 Å². The predicted octanol–water partition coefficient (Wildman–Crippen LogP) is 4.36. The van der Waals surface area contributed by atoms with Gasteiger partial charge in [-0.05, 0) is 55.1 Å². The van der Waals surface area contributed by atoms with Gasteiger partial charge < -0.3 is 30.6 Å². The van der Waals surface area contributed by atoms with Gasteiger partial charge in [-0.2, -0.15) is 0 Å². The third kappa shape index (κ3) is 7.20. The highest BCUT2D eigenvalue weighted by molar-refractivity contribution is 6.24. The van der Waals surface area contributed by atoms with Crippen LogP contribution in [0.1, 0.15) is 76.3 Å². The number of methoxy groups -OCH3 is 1. The number of hydrogen-bond donors (Lipinski definition) is 4. The van der Waals surface area contributed by atoms with Crippen LogP contribution in [0.5, 0.6) is 0 Å². The summed E-state index contributed by atoms with van der Waals surface area (Å²) in [5.41, 5.74) is 3.02. The van der Waals surface area contributed by atoms with Crippen molar-refractivity contribution in [2.24, 2.45) is 34.7 Å². The Morgan fingerprint density at radius 1 is 0.885 bits per heavy atom. The van der Waals surface area contributed by atoms with Gasteiger partial charge in [0.1, 0.15) is 29.4 Å². The summed E-state index contributed by atoms with van der Waals surface area (Å²) in [5, 5.41) is 23.0. The van der Waals surface area contributed by atoms with Crippen molar-refractivity contribution in [3.8, 4) is 11.1 Å². The molecule has 0 unspecified atom stereocenters. The molecule has 52 heavy (non-hydrogen) atoms. The molecule has 0 spiro atoms. The molecule has 6 rings (SSSR count). The summed E-state index contributed by atoms with van der Waals surface area (Å²) in [6, 6.07) is 13.9. The first-order chi connectivity index (χ1) is 25.0. The molecular formula is C40H48N4O8. The molecular weight excluding hydrogens is 664 g/mol. The normalized spacial score (nSPS) is 25.9. The molecule has 0 bridgehead atoms. The molecule has 0 heterocycles.